The summed E-state index contributed by atoms with van der Waals surface area (Å²) in [6.07, 6.45) is 0. The molecule has 0 radical (unpaired) electrons. The van der Waals surface area contributed by atoms with Gasteiger partial charge in [-0.3, -0.25) is 0 Å². The maximum atomic E-state index is 15.2. The van der Waals surface area contributed by atoms with Crippen molar-refractivity contribution in [3.8, 4) is 51.0 Å². The summed E-state index contributed by atoms with van der Waals surface area (Å²) in [6.45, 7) is 2.07. The summed E-state index contributed by atoms with van der Waals surface area (Å²) < 4.78 is 31.8. The van der Waals surface area contributed by atoms with Crippen molar-refractivity contribution in [2.24, 2.45) is 0 Å². The molecule has 0 spiro atoms. The summed E-state index contributed by atoms with van der Waals surface area (Å²) in [5.74, 6) is -0.251. The topological polar surface area (TPSA) is 43.6 Å². The zero-order chi connectivity index (χ0) is 31.2. The van der Waals surface area contributed by atoms with E-state index in [1.165, 1.54) is 6.07 Å². The van der Waals surface area contributed by atoms with E-state index in [1.807, 2.05) is 84.9 Å². The summed E-state index contributed by atoms with van der Waals surface area (Å²) >= 11 is 0. The highest BCUT2D eigenvalue weighted by atomic mass is 19.2. The third kappa shape index (κ3) is 4.72. The lowest BCUT2D eigenvalue weighted by molar-refractivity contribution is 0.511. The molecule has 6 heteroatoms. The number of aromatic nitrogens is 4. The molecule has 220 valence electrons. The van der Waals surface area contributed by atoms with E-state index in [4.69, 9.17) is 15.0 Å². The SMILES string of the molecule is Cc1ccc2c(c1)c1ccccc1n2-c1cc(-c2cccc(F)c2F)ccc1-c1nc(-c2ccccc2)nc(-c2ccccc2)n1. The first-order valence-electron chi connectivity index (χ1n) is 15.0. The van der Waals surface area contributed by atoms with Crippen LogP contribution in [-0.4, -0.2) is 19.5 Å². The lowest BCUT2D eigenvalue weighted by atomic mass is 10.0. The van der Waals surface area contributed by atoms with Gasteiger partial charge >= 0.3 is 0 Å². The van der Waals surface area contributed by atoms with E-state index < -0.39 is 11.6 Å². The first-order chi connectivity index (χ1) is 22.5. The minimum Gasteiger partial charge on any atom is -0.308 e. The Morgan fingerprint density at radius 3 is 1.83 bits per heavy atom. The number of para-hydroxylation sites is 1. The molecule has 0 bridgehead atoms. The van der Waals surface area contributed by atoms with Gasteiger partial charge < -0.3 is 4.57 Å². The standard InChI is InChI=1S/C40H26F2N4/c1-25-19-22-35-32(23-25)30-15-8-9-18-34(30)46(35)36-24-28(29-16-10-17-33(41)37(29)42)20-21-31(36)40-44-38(26-11-4-2-5-12-26)43-39(45-40)27-13-6-3-7-14-27/h2-24H,1H3. The molecular weight excluding hydrogens is 574 g/mol. The van der Waals surface area contributed by atoms with E-state index >= 15 is 4.39 Å². The molecular formula is C40H26F2N4. The number of fused-ring (bicyclic) bond motifs is 3. The third-order valence-electron chi connectivity index (χ3n) is 8.27. The molecule has 0 atom stereocenters. The summed E-state index contributed by atoms with van der Waals surface area (Å²) in [7, 11) is 0. The smallest absolute Gasteiger partial charge is 0.166 e. The molecule has 0 saturated heterocycles. The van der Waals surface area contributed by atoms with E-state index in [0.29, 0.717) is 23.0 Å². The van der Waals surface area contributed by atoms with Crippen molar-refractivity contribution in [2.75, 3.05) is 0 Å². The van der Waals surface area contributed by atoms with Gasteiger partial charge in [-0.05, 0) is 48.9 Å². The number of halogens is 2. The van der Waals surface area contributed by atoms with Gasteiger partial charge in [0.1, 0.15) is 0 Å². The summed E-state index contributed by atoms with van der Waals surface area (Å²) in [5.41, 5.74) is 6.98. The fraction of sp³-hybridized carbons (Fsp3) is 0.0250. The number of hydrogen-bond acceptors (Lipinski definition) is 3. The monoisotopic (exact) mass is 600 g/mol. The first kappa shape index (κ1) is 27.5. The van der Waals surface area contributed by atoms with Crippen LogP contribution in [0, 0.1) is 18.6 Å². The van der Waals surface area contributed by atoms with Gasteiger partial charge in [-0.25, -0.2) is 23.7 Å². The molecule has 0 amide bonds. The van der Waals surface area contributed by atoms with Gasteiger partial charge in [0.25, 0.3) is 0 Å². The molecule has 6 aromatic carbocycles. The number of hydrogen-bond donors (Lipinski definition) is 0. The van der Waals surface area contributed by atoms with Crippen LogP contribution in [-0.2, 0) is 0 Å². The molecule has 2 aromatic heterocycles. The lowest BCUT2D eigenvalue weighted by Gasteiger charge is -2.16. The number of nitrogens with zero attached hydrogens (tertiary/aromatic N) is 4. The minimum atomic E-state index is -0.895. The van der Waals surface area contributed by atoms with Gasteiger partial charge in [-0.1, -0.05) is 109 Å². The predicted octanol–water partition coefficient (Wildman–Crippen LogP) is 10.2. The maximum Gasteiger partial charge on any atom is 0.166 e. The molecule has 0 aliphatic rings. The summed E-state index contributed by atoms with van der Waals surface area (Å²) in [6, 6.07) is 44.0. The van der Waals surface area contributed by atoms with Crippen LogP contribution in [0.5, 0.6) is 0 Å². The predicted molar refractivity (Wildman–Crippen MR) is 181 cm³/mol. The molecule has 0 fully saturated rings. The Hall–Kier alpha value is -6.01. The molecule has 8 rings (SSSR count). The molecule has 4 nitrogen and oxygen atoms in total. The zero-order valence-corrected chi connectivity index (χ0v) is 24.8. The van der Waals surface area contributed by atoms with Crippen molar-refractivity contribution in [1.29, 1.82) is 0 Å². The van der Waals surface area contributed by atoms with Gasteiger partial charge in [-0.2, -0.15) is 0 Å². The summed E-state index contributed by atoms with van der Waals surface area (Å²) in [5, 5.41) is 2.18. The van der Waals surface area contributed by atoms with Crippen LogP contribution in [0.25, 0.3) is 72.8 Å². The first-order valence-corrected chi connectivity index (χ1v) is 15.0. The fourth-order valence-electron chi connectivity index (χ4n) is 6.08. The van der Waals surface area contributed by atoms with E-state index in [2.05, 4.69) is 41.8 Å². The number of aryl methyl sites for hydroxylation is 1. The van der Waals surface area contributed by atoms with Crippen molar-refractivity contribution < 1.29 is 8.78 Å². The van der Waals surface area contributed by atoms with Gasteiger partial charge in [-0.15, -0.1) is 0 Å². The molecule has 8 aromatic rings. The van der Waals surface area contributed by atoms with E-state index in [9.17, 15) is 4.39 Å². The quantitative estimate of drug-likeness (QED) is 0.197. The largest absolute Gasteiger partial charge is 0.308 e. The van der Waals surface area contributed by atoms with Crippen molar-refractivity contribution in [3.63, 3.8) is 0 Å². The van der Waals surface area contributed by atoms with Crippen LogP contribution in [0.2, 0.25) is 0 Å². The second-order valence-corrected chi connectivity index (χ2v) is 11.2. The second kappa shape index (κ2) is 11.2. The normalized spacial score (nSPS) is 11.4. The highest BCUT2D eigenvalue weighted by Gasteiger charge is 2.21. The van der Waals surface area contributed by atoms with Crippen LogP contribution < -0.4 is 0 Å². The van der Waals surface area contributed by atoms with Gasteiger partial charge in [0.05, 0.1) is 16.7 Å². The Morgan fingerprint density at radius 1 is 0.478 bits per heavy atom. The molecule has 0 unspecified atom stereocenters. The van der Waals surface area contributed by atoms with Crippen LogP contribution in [0.3, 0.4) is 0 Å². The van der Waals surface area contributed by atoms with Gasteiger partial charge in [0.15, 0.2) is 29.1 Å². The van der Waals surface area contributed by atoms with Crippen molar-refractivity contribution >= 4 is 21.8 Å². The number of benzene rings is 6. The Balaban J connectivity index is 1.46. The Labute approximate surface area is 264 Å². The third-order valence-corrected chi connectivity index (χ3v) is 8.27. The molecule has 0 aliphatic heterocycles. The average molecular weight is 601 g/mol. The molecule has 0 saturated carbocycles. The molecule has 0 N–H and O–H groups in total. The van der Waals surface area contributed by atoms with Gasteiger partial charge in [0, 0.05) is 33.0 Å². The summed E-state index contributed by atoms with van der Waals surface area (Å²) in [4.78, 5) is 14.9. The average Bonchev–Trinajstić information content (AvgIpc) is 3.43. The Bertz CT molecular complexity index is 2340. The second-order valence-electron chi connectivity index (χ2n) is 11.2. The zero-order valence-electron chi connectivity index (χ0n) is 24.8. The molecule has 46 heavy (non-hydrogen) atoms. The highest BCUT2D eigenvalue weighted by molar-refractivity contribution is 6.10. The van der Waals surface area contributed by atoms with Crippen LogP contribution in [0.4, 0.5) is 8.78 Å². The van der Waals surface area contributed by atoms with Crippen LogP contribution in [0.15, 0.2) is 140 Å². The van der Waals surface area contributed by atoms with Crippen LogP contribution in [0.1, 0.15) is 5.56 Å². The molecule has 0 aliphatic carbocycles. The van der Waals surface area contributed by atoms with E-state index in [1.54, 1.807) is 12.1 Å². The van der Waals surface area contributed by atoms with Crippen LogP contribution >= 0.6 is 0 Å². The van der Waals surface area contributed by atoms with Crippen molar-refractivity contribution in [3.05, 3.63) is 157 Å². The van der Waals surface area contributed by atoms with E-state index in [0.717, 1.165) is 55.8 Å². The highest BCUT2D eigenvalue weighted by Crippen LogP contribution is 2.39. The van der Waals surface area contributed by atoms with Crippen molar-refractivity contribution in [1.82, 2.24) is 19.5 Å². The minimum absolute atomic E-state index is 0.176. The van der Waals surface area contributed by atoms with Gasteiger partial charge in [0.2, 0.25) is 0 Å². The Morgan fingerprint density at radius 2 is 1.11 bits per heavy atom. The fourth-order valence-corrected chi connectivity index (χ4v) is 6.08. The Kier molecular flexibility index (Phi) is 6.68. The van der Waals surface area contributed by atoms with Crippen molar-refractivity contribution in [2.45, 2.75) is 6.92 Å². The lowest BCUT2D eigenvalue weighted by Crippen LogP contribution is -2.04. The molecule has 2 heterocycles. The number of rotatable bonds is 5. The maximum absolute atomic E-state index is 15.2. The van der Waals surface area contributed by atoms with E-state index in [-0.39, 0.29) is 5.56 Å².